The molecule has 148 valence electrons. The highest BCUT2D eigenvalue weighted by Crippen LogP contribution is 2.39. The summed E-state index contributed by atoms with van der Waals surface area (Å²) >= 11 is 6.11. The van der Waals surface area contributed by atoms with Crippen molar-refractivity contribution >= 4 is 34.1 Å². The molecule has 0 aliphatic heterocycles. The number of H-pyrrole nitrogens is 1. The van der Waals surface area contributed by atoms with Gasteiger partial charge in [0.1, 0.15) is 11.0 Å². The molecule has 7 nitrogen and oxygen atoms in total. The maximum absolute atomic E-state index is 14.9. The molecule has 3 aromatic heterocycles. The molecule has 0 radical (unpaired) electrons. The SMILES string of the molecule is Cc1cc2c(F)c(Oc3nc(Cl)cc(Nc4cc(C5CC5)[nH]n4)n3)ccc2n1C. The van der Waals surface area contributed by atoms with Crippen LogP contribution in [0.3, 0.4) is 0 Å². The summed E-state index contributed by atoms with van der Waals surface area (Å²) in [5.74, 6) is 1.16. The van der Waals surface area contributed by atoms with Crippen molar-refractivity contribution in [1.29, 1.82) is 0 Å². The summed E-state index contributed by atoms with van der Waals surface area (Å²) in [5, 5.41) is 11.0. The second kappa shape index (κ2) is 6.73. The number of nitrogens with one attached hydrogen (secondary N) is 2. The van der Waals surface area contributed by atoms with Gasteiger partial charge in [-0.2, -0.15) is 15.1 Å². The van der Waals surface area contributed by atoms with Gasteiger partial charge in [-0.3, -0.25) is 5.10 Å². The van der Waals surface area contributed by atoms with Gasteiger partial charge in [0.15, 0.2) is 17.4 Å². The maximum atomic E-state index is 14.9. The van der Waals surface area contributed by atoms with Gasteiger partial charge in [0, 0.05) is 41.9 Å². The fourth-order valence-electron chi connectivity index (χ4n) is 3.31. The lowest BCUT2D eigenvalue weighted by Gasteiger charge is -2.09. The van der Waals surface area contributed by atoms with Crippen molar-refractivity contribution in [3.05, 3.63) is 52.7 Å². The van der Waals surface area contributed by atoms with E-state index in [1.807, 2.05) is 24.6 Å². The first kappa shape index (κ1) is 17.9. The monoisotopic (exact) mass is 412 g/mol. The fourth-order valence-corrected chi connectivity index (χ4v) is 3.48. The molecule has 1 fully saturated rings. The number of rotatable bonds is 5. The van der Waals surface area contributed by atoms with Gasteiger partial charge in [-0.15, -0.1) is 0 Å². The Morgan fingerprint density at radius 3 is 2.83 bits per heavy atom. The lowest BCUT2D eigenvalue weighted by molar-refractivity contribution is 0.414. The fraction of sp³-hybridized carbons (Fsp3) is 0.250. The van der Waals surface area contributed by atoms with E-state index in [4.69, 9.17) is 16.3 Å². The van der Waals surface area contributed by atoms with E-state index in [2.05, 4.69) is 25.5 Å². The van der Waals surface area contributed by atoms with Gasteiger partial charge in [-0.05, 0) is 38.0 Å². The summed E-state index contributed by atoms with van der Waals surface area (Å²) in [5.41, 5.74) is 2.83. The Bertz CT molecular complexity index is 1230. The van der Waals surface area contributed by atoms with E-state index in [1.54, 1.807) is 24.3 Å². The highest BCUT2D eigenvalue weighted by atomic mass is 35.5. The summed E-state index contributed by atoms with van der Waals surface area (Å²) in [6, 6.07) is 8.58. The summed E-state index contributed by atoms with van der Waals surface area (Å²) < 4.78 is 22.5. The largest absolute Gasteiger partial charge is 0.421 e. The van der Waals surface area contributed by atoms with Crippen molar-refractivity contribution in [1.82, 2.24) is 24.7 Å². The number of ether oxygens (including phenoxy) is 1. The lowest BCUT2D eigenvalue weighted by atomic mass is 10.2. The van der Waals surface area contributed by atoms with Crippen molar-refractivity contribution in [3.8, 4) is 11.8 Å². The van der Waals surface area contributed by atoms with E-state index in [1.165, 1.54) is 12.8 Å². The Morgan fingerprint density at radius 1 is 1.21 bits per heavy atom. The van der Waals surface area contributed by atoms with Crippen molar-refractivity contribution in [3.63, 3.8) is 0 Å². The van der Waals surface area contributed by atoms with E-state index in [0.29, 0.717) is 22.9 Å². The average molecular weight is 413 g/mol. The van der Waals surface area contributed by atoms with Gasteiger partial charge < -0.3 is 14.6 Å². The number of anilines is 2. The van der Waals surface area contributed by atoms with Crippen LogP contribution >= 0.6 is 11.6 Å². The molecule has 5 rings (SSSR count). The Morgan fingerprint density at radius 2 is 2.03 bits per heavy atom. The van der Waals surface area contributed by atoms with Crippen LogP contribution in [0, 0.1) is 12.7 Å². The number of hydrogen-bond acceptors (Lipinski definition) is 5. The zero-order valence-corrected chi connectivity index (χ0v) is 16.6. The zero-order chi connectivity index (χ0) is 20.1. The van der Waals surface area contributed by atoms with Crippen LogP contribution in [0.1, 0.15) is 30.1 Å². The summed E-state index contributed by atoms with van der Waals surface area (Å²) in [4.78, 5) is 8.33. The molecule has 0 atom stereocenters. The predicted octanol–water partition coefficient (Wildman–Crippen LogP) is 5.21. The zero-order valence-electron chi connectivity index (χ0n) is 15.8. The van der Waals surface area contributed by atoms with Crippen LogP contribution in [0.25, 0.3) is 10.9 Å². The average Bonchev–Trinajstić information content (AvgIpc) is 3.36. The molecular weight excluding hydrogens is 395 g/mol. The normalized spacial score (nSPS) is 13.8. The van der Waals surface area contributed by atoms with Gasteiger partial charge in [0.05, 0.1) is 5.52 Å². The molecule has 9 heteroatoms. The molecular formula is C20H18ClFN6O. The second-order valence-corrected chi connectivity index (χ2v) is 7.61. The van der Waals surface area contributed by atoms with Crippen LogP contribution < -0.4 is 10.1 Å². The molecule has 4 aromatic rings. The third kappa shape index (κ3) is 3.40. The minimum atomic E-state index is -0.467. The number of hydrogen-bond donors (Lipinski definition) is 2. The van der Waals surface area contributed by atoms with Crippen LogP contribution in [-0.2, 0) is 7.05 Å². The molecule has 0 saturated heterocycles. The quantitative estimate of drug-likeness (QED) is 0.440. The highest BCUT2D eigenvalue weighted by Gasteiger charge is 2.25. The van der Waals surface area contributed by atoms with Gasteiger partial charge in [0.25, 0.3) is 0 Å². The molecule has 2 N–H and O–H groups in total. The number of aromatic amines is 1. The van der Waals surface area contributed by atoms with Crippen LogP contribution in [0.4, 0.5) is 16.0 Å². The van der Waals surface area contributed by atoms with Crippen LogP contribution in [0.15, 0.2) is 30.3 Å². The van der Waals surface area contributed by atoms with E-state index in [0.717, 1.165) is 16.9 Å². The first-order chi connectivity index (χ1) is 14.0. The van der Waals surface area contributed by atoms with Crippen molar-refractivity contribution in [2.75, 3.05) is 5.32 Å². The standard InChI is InChI=1S/C20H18ClFN6O/c1-10-7-12-14(28(10)2)5-6-15(19(12)22)29-20-23-16(21)9-17(25-20)24-18-8-13(26-27-18)11-3-4-11/h5-9,11H,3-4H2,1-2H3,(H2,23,24,25,26,27). The summed E-state index contributed by atoms with van der Waals surface area (Å²) in [7, 11) is 1.89. The Hall–Kier alpha value is -3.13. The van der Waals surface area contributed by atoms with Crippen molar-refractivity contribution in [2.45, 2.75) is 25.7 Å². The molecule has 1 saturated carbocycles. The number of fused-ring (bicyclic) bond motifs is 1. The summed E-state index contributed by atoms with van der Waals surface area (Å²) in [6.45, 7) is 1.92. The van der Waals surface area contributed by atoms with Gasteiger partial charge >= 0.3 is 6.01 Å². The Kier molecular flexibility index (Phi) is 4.16. The van der Waals surface area contributed by atoms with Gasteiger partial charge in [0.2, 0.25) is 0 Å². The smallest absolute Gasteiger partial charge is 0.325 e. The predicted molar refractivity (Wildman–Crippen MR) is 109 cm³/mol. The number of aryl methyl sites for hydroxylation is 2. The van der Waals surface area contributed by atoms with Crippen LogP contribution in [-0.4, -0.2) is 24.7 Å². The molecule has 0 amide bonds. The number of benzene rings is 1. The Labute approximate surface area is 170 Å². The van der Waals surface area contributed by atoms with Crippen LogP contribution in [0.2, 0.25) is 5.15 Å². The molecule has 1 aromatic carbocycles. The van der Waals surface area contributed by atoms with E-state index >= 15 is 0 Å². The second-order valence-electron chi connectivity index (χ2n) is 7.22. The van der Waals surface area contributed by atoms with Crippen molar-refractivity contribution < 1.29 is 9.13 Å². The molecule has 0 spiro atoms. The van der Waals surface area contributed by atoms with Gasteiger partial charge in [-0.25, -0.2) is 4.39 Å². The van der Waals surface area contributed by atoms with E-state index < -0.39 is 5.82 Å². The molecule has 0 unspecified atom stereocenters. The number of halogens is 2. The summed E-state index contributed by atoms with van der Waals surface area (Å²) in [6.07, 6.45) is 2.35. The highest BCUT2D eigenvalue weighted by molar-refractivity contribution is 6.29. The topological polar surface area (TPSA) is 80.7 Å². The first-order valence-electron chi connectivity index (χ1n) is 9.27. The third-order valence-electron chi connectivity index (χ3n) is 5.11. The molecule has 29 heavy (non-hydrogen) atoms. The first-order valence-corrected chi connectivity index (χ1v) is 9.65. The van der Waals surface area contributed by atoms with Crippen LogP contribution in [0.5, 0.6) is 11.8 Å². The molecule has 1 aliphatic rings. The van der Waals surface area contributed by atoms with E-state index in [9.17, 15) is 4.39 Å². The maximum Gasteiger partial charge on any atom is 0.325 e. The van der Waals surface area contributed by atoms with E-state index in [-0.39, 0.29) is 16.9 Å². The number of aromatic nitrogens is 5. The number of nitrogens with zero attached hydrogens (tertiary/aromatic N) is 4. The minimum Gasteiger partial charge on any atom is -0.421 e. The van der Waals surface area contributed by atoms with Crippen molar-refractivity contribution in [2.24, 2.45) is 7.05 Å². The molecule has 1 aliphatic carbocycles. The molecule has 3 heterocycles. The lowest BCUT2D eigenvalue weighted by Crippen LogP contribution is -2.00. The molecule has 0 bridgehead atoms. The minimum absolute atomic E-state index is 0.0344. The van der Waals surface area contributed by atoms with Gasteiger partial charge in [-0.1, -0.05) is 11.6 Å². The Balaban J connectivity index is 1.42. The third-order valence-corrected chi connectivity index (χ3v) is 5.31.